The van der Waals surface area contributed by atoms with Crippen LogP contribution in [0.1, 0.15) is 19.0 Å². The number of sulfonamides is 1. The molecule has 4 N–H and O–H groups in total. The minimum absolute atomic E-state index is 0.00275. The third-order valence-corrected chi connectivity index (χ3v) is 3.98. The van der Waals surface area contributed by atoms with Crippen molar-refractivity contribution in [1.82, 2.24) is 14.5 Å². The molecule has 0 radical (unpaired) electrons. The molecule has 0 saturated heterocycles. The minimum atomic E-state index is -3.20. The van der Waals surface area contributed by atoms with E-state index < -0.39 is 10.0 Å². The van der Waals surface area contributed by atoms with Gasteiger partial charge >= 0.3 is 0 Å². The first kappa shape index (κ1) is 14.8. The van der Waals surface area contributed by atoms with Crippen LogP contribution in [0.2, 0.25) is 0 Å². The third-order valence-electron chi connectivity index (χ3n) is 2.62. The van der Waals surface area contributed by atoms with Gasteiger partial charge in [-0.1, -0.05) is 13.3 Å². The number of rotatable bonds is 7. The summed E-state index contributed by atoms with van der Waals surface area (Å²) in [6.07, 6.45) is 1.78. The Bertz CT molecular complexity index is 495. The lowest BCUT2D eigenvalue weighted by atomic mass is 10.2. The Morgan fingerprint density at radius 2 is 2.11 bits per heavy atom. The molecule has 0 aliphatic rings. The largest absolute Gasteiger partial charge is 0.394 e. The Morgan fingerprint density at radius 3 is 2.67 bits per heavy atom. The molecule has 0 aliphatic heterocycles. The summed E-state index contributed by atoms with van der Waals surface area (Å²) < 4.78 is 26.4. The molecule has 1 aromatic rings. The van der Waals surface area contributed by atoms with Crippen LogP contribution < -0.4 is 15.8 Å². The average molecular weight is 275 g/mol. The molecule has 7 nitrogen and oxygen atoms in total. The highest BCUT2D eigenvalue weighted by Gasteiger charge is 2.13. The maximum Gasteiger partial charge on any atom is 0.213 e. The van der Waals surface area contributed by atoms with E-state index in [2.05, 4.69) is 22.1 Å². The zero-order chi connectivity index (χ0) is 13.8. The van der Waals surface area contributed by atoms with E-state index in [0.717, 1.165) is 18.5 Å². The molecule has 0 spiro atoms. The van der Waals surface area contributed by atoms with Gasteiger partial charge in [-0.15, -0.1) is 0 Å². The summed E-state index contributed by atoms with van der Waals surface area (Å²) in [6, 6.07) is 0. The highest BCUT2D eigenvalue weighted by Crippen LogP contribution is 2.22. The van der Waals surface area contributed by atoms with Crippen molar-refractivity contribution in [3.8, 4) is 0 Å². The number of nitrogens with two attached hydrogens (primary N) is 1. The van der Waals surface area contributed by atoms with Crippen molar-refractivity contribution in [2.45, 2.75) is 19.8 Å². The Morgan fingerprint density at radius 1 is 1.44 bits per heavy atom. The van der Waals surface area contributed by atoms with Crippen molar-refractivity contribution in [3.63, 3.8) is 0 Å². The SMILES string of the molecule is CCCc1nn(C)c(NCCS(=O)(=O)NC)c1N. The van der Waals surface area contributed by atoms with Crippen LogP contribution >= 0.6 is 0 Å². The molecular formula is C10H21N5O2S. The number of aryl methyl sites for hydroxylation is 2. The van der Waals surface area contributed by atoms with Crippen LogP contribution in [0, 0.1) is 0 Å². The lowest BCUT2D eigenvalue weighted by molar-refractivity contribution is 0.588. The van der Waals surface area contributed by atoms with E-state index in [1.807, 2.05) is 0 Å². The zero-order valence-corrected chi connectivity index (χ0v) is 11.8. The van der Waals surface area contributed by atoms with E-state index in [1.165, 1.54) is 7.05 Å². The molecule has 1 heterocycles. The second-order valence-electron chi connectivity index (χ2n) is 4.03. The molecule has 0 aliphatic carbocycles. The fraction of sp³-hybridized carbons (Fsp3) is 0.700. The minimum Gasteiger partial charge on any atom is -0.394 e. The molecule has 104 valence electrons. The summed E-state index contributed by atoms with van der Waals surface area (Å²) >= 11 is 0. The molecule has 0 amide bonds. The predicted molar refractivity (Wildman–Crippen MR) is 73.0 cm³/mol. The van der Waals surface area contributed by atoms with Gasteiger partial charge in [0.1, 0.15) is 5.82 Å². The quantitative estimate of drug-likeness (QED) is 0.646. The lowest BCUT2D eigenvalue weighted by Gasteiger charge is -2.07. The topological polar surface area (TPSA) is 102 Å². The van der Waals surface area contributed by atoms with E-state index >= 15 is 0 Å². The summed E-state index contributed by atoms with van der Waals surface area (Å²) in [4.78, 5) is 0. The summed E-state index contributed by atoms with van der Waals surface area (Å²) in [5.41, 5.74) is 7.41. The maximum absolute atomic E-state index is 11.3. The van der Waals surface area contributed by atoms with Crippen LogP contribution in [0.5, 0.6) is 0 Å². The van der Waals surface area contributed by atoms with Gasteiger partial charge in [-0.05, 0) is 13.5 Å². The smallest absolute Gasteiger partial charge is 0.213 e. The van der Waals surface area contributed by atoms with Crippen LogP contribution in [0.25, 0.3) is 0 Å². The molecule has 0 aromatic carbocycles. The number of nitrogen functional groups attached to an aromatic ring is 1. The summed E-state index contributed by atoms with van der Waals surface area (Å²) in [5, 5.41) is 7.31. The van der Waals surface area contributed by atoms with Crippen LogP contribution in [0.15, 0.2) is 0 Å². The van der Waals surface area contributed by atoms with Crippen molar-refractivity contribution in [2.24, 2.45) is 7.05 Å². The molecular weight excluding hydrogens is 254 g/mol. The van der Waals surface area contributed by atoms with E-state index in [-0.39, 0.29) is 5.75 Å². The Labute approximate surface area is 108 Å². The van der Waals surface area contributed by atoms with E-state index in [1.54, 1.807) is 11.7 Å². The Hall–Kier alpha value is -1.28. The summed E-state index contributed by atoms with van der Waals surface area (Å²) in [5.74, 6) is 0.668. The van der Waals surface area contributed by atoms with Crippen LogP contribution in [-0.2, 0) is 23.5 Å². The van der Waals surface area contributed by atoms with Crippen molar-refractivity contribution in [1.29, 1.82) is 0 Å². The van der Waals surface area contributed by atoms with E-state index in [0.29, 0.717) is 18.1 Å². The fourth-order valence-electron chi connectivity index (χ4n) is 1.63. The van der Waals surface area contributed by atoms with Gasteiger partial charge in [0.15, 0.2) is 0 Å². The monoisotopic (exact) mass is 275 g/mol. The molecule has 0 bridgehead atoms. The summed E-state index contributed by atoms with van der Waals surface area (Å²) in [6.45, 7) is 2.35. The fourth-order valence-corrected chi connectivity index (χ4v) is 2.21. The highest BCUT2D eigenvalue weighted by molar-refractivity contribution is 7.89. The van der Waals surface area contributed by atoms with Gasteiger partial charge in [-0.3, -0.25) is 4.68 Å². The zero-order valence-electron chi connectivity index (χ0n) is 11.0. The van der Waals surface area contributed by atoms with Gasteiger partial charge in [0, 0.05) is 13.6 Å². The number of nitrogens with one attached hydrogen (secondary N) is 2. The first-order chi connectivity index (χ1) is 8.41. The average Bonchev–Trinajstić information content (AvgIpc) is 2.57. The third kappa shape index (κ3) is 3.61. The number of anilines is 2. The van der Waals surface area contributed by atoms with Crippen LogP contribution in [0.4, 0.5) is 11.5 Å². The molecule has 0 unspecified atom stereocenters. The highest BCUT2D eigenvalue weighted by atomic mass is 32.2. The second-order valence-corrected chi connectivity index (χ2v) is 6.08. The summed E-state index contributed by atoms with van der Waals surface area (Å²) in [7, 11) is -0.0236. The second kappa shape index (κ2) is 6.05. The Balaban J connectivity index is 2.68. The molecule has 1 aromatic heterocycles. The van der Waals surface area contributed by atoms with Crippen molar-refractivity contribution in [2.75, 3.05) is 30.4 Å². The van der Waals surface area contributed by atoms with E-state index in [9.17, 15) is 8.42 Å². The first-order valence-electron chi connectivity index (χ1n) is 5.87. The van der Waals surface area contributed by atoms with Gasteiger partial charge in [0.05, 0.1) is 17.1 Å². The van der Waals surface area contributed by atoms with Gasteiger partial charge in [0.25, 0.3) is 0 Å². The Kier molecular flexibility index (Phi) is 4.97. The predicted octanol–water partition coefficient (Wildman–Crippen LogP) is -0.0841. The van der Waals surface area contributed by atoms with Crippen molar-refractivity contribution >= 4 is 21.5 Å². The lowest BCUT2D eigenvalue weighted by Crippen LogP contribution is -2.26. The number of aromatic nitrogens is 2. The van der Waals surface area contributed by atoms with Gasteiger partial charge in [0.2, 0.25) is 10.0 Å². The van der Waals surface area contributed by atoms with Crippen molar-refractivity contribution in [3.05, 3.63) is 5.69 Å². The maximum atomic E-state index is 11.3. The number of hydrogen-bond acceptors (Lipinski definition) is 5. The van der Waals surface area contributed by atoms with Crippen molar-refractivity contribution < 1.29 is 8.42 Å². The molecule has 8 heteroatoms. The van der Waals surface area contributed by atoms with Crippen LogP contribution in [-0.4, -0.2) is 37.5 Å². The van der Waals surface area contributed by atoms with Crippen LogP contribution in [0.3, 0.4) is 0 Å². The van der Waals surface area contributed by atoms with Gasteiger partial charge in [-0.2, -0.15) is 5.10 Å². The number of hydrogen-bond donors (Lipinski definition) is 3. The molecule has 0 fully saturated rings. The van der Waals surface area contributed by atoms with Gasteiger partial charge in [-0.25, -0.2) is 13.1 Å². The molecule has 1 rings (SSSR count). The standard InChI is InChI=1S/C10H21N5O2S/c1-4-5-8-9(11)10(15(3)14-8)13-6-7-18(16,17)12-2/h12-13H,4-7,11H2,1-3H3. The normalized spacial score (nSPS) is 11.7. The molecule has 18 heavy (non-hydrogen) atoms. The molecule has 0 saturated carbocycles. The first-order valence-corrected chi connectivity index (χ1v) is 7.53. The number of nitrogens with zero attached hydrogens (tertiary/aromatic N) is 2. The molecule has 0 atom stereocenters. The van der Waals surface area contributed by atoms with Gasteiger partial charge < -0.3 is 11.1 Å². The van der Waals surface area contributed by atoms with E-state index in [4.69, 9.17) is 5.73 Å².